The average molecular weight is 290 g/mol. The smallest absolute Gasteiger partial charge is 0.242 e. The molecular formula is C17H26N2O2. The van der Waals surface area contributed by atoms with Crippen LogP contribution in [0.3, 0.4) is 0 Å². The highest BCUT2D eigenvalue weighted by Crippen LogP contribution is 2.05. The Labute approximate surface area is 127 Å². The Kier molecular flexibility index (Phi) is 7.51. The van der Waals surface area contributed by atoms with Gasteiger partial charge in [-0.2, -0.15) is 0 Å². The van der Waals surface area contributed by atoms with Crippen LogP contribution in [-0.2, 0) is 16.1 Å². The summed E-state index contributed by atoms with van der Waals surface area (Å²) in [4.78, 5) is 27.1. The Hall–Kier alpha value is -1.84. The second-order valence-electron chi connectivity index (χ2n) is 5.38. The van der Waals surface area contributed by atoms with E-state index >= 15 is 0 Å². The molecular weight excluding hydrogens is 264 g/mol. The number of hydrogen-bond donors (Lipinski definition) is 0. The first kappa shape index (κ1) is 17.2. The van der Waals surface area contributed by atoms with Gasteiger partial charge in [0.2, 0.25) is 11.8 Å². The molecule has 0 aromatic heterocycles. The van der Waals surface area contributed by atoms with Crippen LogP contribution in [0.1, 0.15) is 38.7 Å². The first-order chi connectivity index (χ1) is 10.0. The van der Waals surface area contributed by atoms with Crippen molar-refractivity contribution < 1.29 is 9.59 Å². The van der Waals surface area contributed by atoms with Gasteiger partial charge in [0.1, 0.15) is 0 Å². The summed E-state index contributed by atoms with van der Waals surface area (Å²) in [6.07, 6.45) is 3.14. The Morgan fingerprint density at radius 3 is 2.33 bits per heavy atom. The minimum atomic E-state index is -0.0347. The summed E-state index contributed by atoms with van der Waals surface area (Å²) < 4.78 is 0. The number of carbonyl (C=O) groups is 2. The largest absolute Gasteiger partial charge is 0.340 e. The second kappa shape index (κ2) is 9.16. The van der Waals surface area contributed by atoms with E-state index in [1.807, 2.05) is 30.3 Å². The lowest BCUT2D eigenvalue weighted by atomic mass is 10.2. The zero-order chi connectivity index (χ0) is 15.7. The highest BCUT2D eigenvalue weighted by molar-refractivity contribution is 5.83. The summed E-state index contributed by atoms with van der Waals surface area (Å²) >= 11 is 0. The molecule has 0 saturated heterocycles. The maximum atomic E-state index is 12.2. The summed E-state index contributed by atoms with van der Waals surface area (Å²) in [6, 6.07) is 9.86. The summed E-state index contributed by atoms with van der Waals surface area (Å²) in [5.74, 6) is -0.0573. The van der Waals surface area contributed by atoms with Crippen molar-refractivity contribution in [1.29, 1.82) is 0 Å². The van der Waals surface area contributed by atoms with E-state index in [1.165, 1.54) is 6.92 Å². The van der Waals surface area contributed by atoms with Gasteiger partial charge in [-0.15, -0.1) is 0 Å². The molecule has 0 N–H and O–H groups in total. The van der Waals surface area contributed by atoms with Gasteiger partial charge in [0.15, 0.2) is 0 Å². The van der Waals surface area contributed by atoms with Crippen LogP contribution in [0.2, 0.25) is 0 Å². The maximum absolute atomic E-state index is 12.2. The van der Waals surface area contributed by atoms with E-state index in [4.69, 9.17) is 0 Å². The third-order valence-electron chi connectivity index (χ3n) is 3.49. The van der Waals surface area contributed by atoms with Gasteiger partial charge in [0, 0.05) is 27.1 Å². The molecule has 4 heteroatoms. The van der Waals surface area contributed by atoms with Crippen LogP contribution in [0.15, 0.2) is 30.3 Å². The zero-order valence-electron chi connectivity index (χ0n) is 13.3. The molecule has 0 spiro atoms. The highest BCUT2D eigenvalue weighted by atomic mass is 16.2. The molecule has 0 fully saturated rings. The molecule has 0 saturated carbocycles. The van der Waals surface area contributed by atoms with Gasteiger partial charge >= 0.3 is 0 Å². The van der Waals surface area contributed by atoms with Crippen LogP contribution >= 0.6 is 0 Å². The quantitative estimate of drug-likeness (QED) is 0.691. The van der Waals surface area contributed by atoms with Gasteiger partial charge in [-0.3, -0.25) is 9.59 Å². The lowest BCUT2D eigenvalue weighted by molar-refractivity contribution is -0.139. The van der Waals surface area contributed by atoms with Gasteiger partial charge < -0.3 is 9.80 Å². The van der Waals surface area contributed by atoms with Crippen molar-refractivity contribution in [1.82, 2.24) is 9.80 Å². The molecule has 4 nitrogen and oxygen atoms in total. The number of hydrogen-bond acceptors (Lipinski definition) is 2. The molecule has 0 heterocycles. The number of carbonyl (C=O) groups excluding carboxylic acids is 2. The summed E-state index contributed by atoms with van der Waals surface area (Å²) in [5, 5.41) is 0. The predicted octanol–water partition coefficient (Wildman–Crippen LogP) is 2.68. The van der Waals surface area contributed by atoms with Crippen LogP contribution in [0.4, 0.5) is 0 Å². The van der Waals surface area contributed by atoms with E-state index < -0.39 is 0 Å². The SMILES string of the molecule is CCCCCN(CC(=O)N(C)Cc1ccccc1)C(C)=O. The van der Waals surface area contributed by atoms with Crippen LogP contribution in [0.5, 0.6) is 0 Å². The van der Waals surface area contributed by atoms with Crippen molar-refractivity contribution >= 4 is 11.8 Å². The van der Waals surface area contributed by atoms with Crippen molar-refractivity contribution in [3.63, 3.8) is 0 Å². The Morgan fingerprint density at radius 2 is 1.76 bits per heavy atom. The molecule has 0 aliphatic carbocycles. The van der Waals surface area contributed by atoms with Crippen LogP contribution < -0.4 is 0 Å². The minimum absolute atomic E-state index is 0.0226. The molecule has 116 valence electrons. The van der Waals surface area contributed by atoms with Crippen molar-refractivity contribution in [2.75, 3.05) is 20.1 Å². The number of benzene rings is 1. The van der Waals surface area contributed by atoms with Crippen molar-refractivity contribution in [2.24, 2.45) is 0 Å². The Balaban J connectivity index is 2.50. The summed E-state index contributed by atoms with van der Waals surface area (Å²) in [5.41, 5.74) is 1.09. The molecule has 1 aromatic rings. The first-order valence-electron chi connectivity index (χ1n) is 7.58. The lowest BCUT2D eigenvalue weighted by Gasteiger charge is -2.24. The molecule has 0 atom stereocenters. The van der Waals surface area contributed by atoms with E-state index in [9.17, 15) is 9.59 Å². The molecule has 1 aromatic carbocycles. The third kappa shape index (κ3) is 6.43. The van der Waals surface area contributed by atoms with Crippen molar-refractivity contribution in [2.45, 2.75) is 39.7 Å². The molecule has 0 radical (unpaired) electrons. The van der Waals surface area contributed by atoms with Crippen molar-refractivity contribution in [3.05, 3.63) is 35.9 Å². The van der Waals surface area contributed by atoms with E-state index in [0.29, 0.717) is 13.1 Å². The fraction of sp³-hybridized carbons (Fsp3) is 0.529. The van der Waals surface area contributed by atoms with E-state index in [2.05, 4.69) is 6.92 Å². The molecule has 0 unspecified atom stereocenters. The number of likely N-dealkylation sites (N-methyl/N-ethyl adjacent to an activating group) is 1. The van der Waals surface area contributed by atoms with Crippen LogP contribution in [0, 0.1) is 0 Å². The maximum Gasteiger partial charge on any atom is 0.242 e. The Morgan fingerprint density at radius 1 is 1.10 bits per heavy atom. The monoisotopic (exact) mass is 290 g/mol. The average Bonchev–Trinajstić information content (AvgIpc) is 2.47. The number of nitrogens with zero attached hydrogens (tertiary/aromatic N) is 2. The molecule has 0 aliphatic rings. The van der Waals surface area contributed by atoms with E-state index in [1.54, 1.807) is 16.8 Å². The van der Waals surface area contributed by atoms with Gasteiger partial charge in [-0.1, -0.05) is 50.1 Å². The lowest BCUT2D eigenvalue weighted by Crippen LogP contribution is -2.40. The van der Waals surface area contributed by atoms with Crippen LogP contribution in [0.25, 0.3) is 0 Å². The van der Waals surface area contributed by atoms with E-state index in [-0.39, 0.29) is 18.4 Å². The molecule has 21 heavy (non-hydrogen) atoms. The van der Waals surface area contributed by atoms with Gasteiger partial charge in [0.05, 0.1) is 6.54 Å². The van der Waals surface area contributed by atoms with Gasteiger partial charge in [-0.25, -0.2) is 0 Å². The van der Waals surface area contributed by atoms with E-state index in [0.717, 1.165) is 24.8 Å². The van der Waals surface area contributed by atoms with Gasteiger partial charge in [0.25, 0.3) is 0 Å². The first-order valence-corrected chi connectivity index (χ1v) is 7.58. The van der Waals surface area contributed by atoms with Crippen LogP contribution in [-0.4, -0.2) is 41.8 Å². The Bertz CT molecular complexity index is 445. The topological polar surface area (TPSA) is 40.6 Å². The normalized spacial score (nSPS) is 10.2. The second-order valence-corrected chi connectivity index (χ2v) is 5.38. The van der Waals surface area contributed by atoms with Gasteiger partial charge in [-0.05, 0) is 12.0 Å². The molecule has 1 rings (SSSR count). The highest BCUT2D eigenvalue weighted by Gasteiger charge is 2.16. The number of rotatable bonds is 8. The standard InChI is InChI=1S/C17H26N2O2/c1-4-5-9-12-19(15(2)20)14-17(21)18(3)13-16-10-7-6-8-11-16/h6-8,10-11H,4-5,9,12-14H2,1-3H3. The number of amides is 2. The zero-order valence-corrected chi connectivity index (χ0v) is 13.3. The molecule has 2 amide bonds. The molecule has 0 bridgehead atoms. The number of unbranched alkanes of at least 4 members (excludes halogenated alkanes) is 2. The molecule has 0 aliphatic heterocycles. The van der Waals surface area contributed by atoms with Crippen molar-refractivity contribution in [3.8, 4) is 0 Å². The predicted molar refractivity (Wildman–Crippen MR) is 84.7 cm³/mol. The minimum Gasteiger partial charge on any atom is -0.340 e. The third-order valence-corrected chi connectivity index (χ3v) is 3.49. The fourth-order valence-electron chi connectivity index (χ4n) is 2.13. The fourth-order valence-corrected chi connectivity index (χ4v) is 2.13. The summed E-state index contributed by atoms with van der Waals surface area (Å²) in [7, 11) is 1.78. The summed E-state index contributed by atoms with van der Waals surface area (Å²) in [6.45, 7) is 5.05.